The van der Waals surface area contributed by atoms with Crippen LogP contribution in [0.4, 0.5) is 4.39 Å². The molecule has 0 radical (unpaired) electrons. The molecule has 0 aliphatic heterocycles. The van der Waals surface area contributed by atoms with Gasteiger partial charge in [0.05, 0.1) is 16.4 Å². The quantitative estimate of drug-likeness (QED) is 0.621. The first kappa shape index (κ1) is 13.1. The third-order valence-electron chi connectivity index (χ3n) is 3.33. The molecule has 0 N–H and O–H groups in total. The third-order valence-corrected chi connectivity index (χ3v) is 3.53. The Morgan fingerprint density at radius 3 is 2.55 bits per heavy atom. The standard InChI is InChI=1S/C16H14ClFN2/c1-10-8-15-14(9-13(10)18)19-16(11(2)17)20(15)12-6-4-3-5-7-12/h3-9,11H,1-2H3. The number of hydrogen-bond acceptors (Lipinski definition) is 1. The topological polar surface area (TPSA) is 17.8 Å². The molecular weight excluding hydrogens is 275 g/mol. The molecule has 3 rings (SSSR count). The number of nitrogens with zero attached hydrogens (tertiary/aromatic N) is 2. The maximum Gasteiger partial charge on any atom is 0.132 e. The SMILES string of the molecule is Cc1cc2c(cc1F)nc(C(C)Cl)n2-c1ccccc1. The van der Waals surface area contributed by atoms with E-state index in [1.807, 2.05) is 47.9 Å². The first-order chi connectivity index (χ1) is 9.58. The van der Waals surface area contributed by atoms with Crippen LogP contribution in [-0.2, 0) is 0 Å². The van der Waals surface area contributed by atoms with Crippen molar-refractivity contribution in [2.24, 2.45) is 0 Å². The van der Waals surface area contributed by atoms with E-state index >= 15 is 0 Å². The summed E-state index contributed by atoms with van der Waals surface area (Å²) in [5.74, 6) is 0.474. The monoisotopic (exact) mass is 288 g/mol. The molecule has 0 bridgehead atoms. The van der Waals surface area contributed by atoms with Gasteiger partial charge in [-0.25, -0.2) is 9.37 Å². The van der Waals surface area contributed by atoms with E-state index in [0.717, 1.165) is 17.0 Å². The smallest absolute Gasteiger partial charge is 0.132 e. The summed E-state index contributed by atoms with van der Waals surface area (Å²) >= 11 is 6.23. The summed E-state index contributed by atoms with van der Waals surface area (Å²) in [7, 11) is 0. The summed E-state index contributed by atoms with van der Waals surface area (Å²) in [5, 5.41) is -0.258. The second kappa shape index (κ2) is 4.91. The van der Waals surface area contributed by atoms with Gasteiger partial charge in [-0.1, -0.05) is 18.2 Å². The van der Waals surface area contributed by atoms with E-state index in [4.69, 9.17) is 11.6 Å². The van der Waals surface area contributed by atoms with Crippen molar-refractivity contribution >= 4 is 22.6 Å². The largest absolute Gasteiger partial charge is 0.295 e. The van der Waals surface area contributed by atoms with Crippen molar-refractivity contribution in [2.75, 3.05) is 0 Å². The molecule has 3 aromatic rings. The average molecular weight is 289 g/mol. The fraction of sp³-hybridized carbons (Fsp3) is 0.188. The van der Waals surface area contributed by atoms with Gasteiger partial charge < -0.3 is 0 Å². The van der Waals surface area contributed by atoms with E-state index in [2.05, 4.69) is 4.98 Å². The number of fused-ring (bicyclic) bond motifs is 1. The molecule has 0 saturated heterocycles. The minimum Gasteiger partial charge on any atom is -0.295 e. The molecule has 0 spiro atoms. The number of alkyl halides is 1. The zero-order chi connectivity index (χ0) is 14.3. The highest BCUT2D eigenvalue weighted by Crippen LogP contribution is 2.29. The number of hydrogen-bond donors (Lipinski definition) is 0. The molecule has 1 atom stereocenters. The molecule has 1 aromatic heterocycles. The number of aryl methyl sites for hydroxylation is 1. The van der Waals surface area contributed by atoms with Crippen LogP contribution < -0.4 is 0 Å². The fourth-order valence-electron chi connectivity index (χ4n) is 2.34. The lowest BCUT2D eigenvalue weighted by atomic mass is 10.2. The van der Waals surface area contributed by atoms with Gasteiger partial charge in [-0.2, -0.15) is 0 Å². The van der Waals surface area contributed by atoms with E-state index in [9.17, 15) is 4.39 Å². The minimum atomic E-state index is -0.258. The van der Waals surface area contributed by atoms with Crippen molar-refractivity contribution in [2.45, 2.75) is 19.2 Å². The van der Waals surface area contributed by atoms with Crippen LogP contribution in [0.5, 0.6) is 0 Å². The Kier molecular flexibility index (Phi) is 3.22. The van der Waals surface area contributed by atoms with E-state index in [1.165, 1.54) is 6.07 Å². The summed E-state index contributed by atoms with van der Waals surface area (Å²) in [6.07, 6.45) is 0. The zero-order valence-electron chi connectivity index (χ0n) is 11.3. The number of para-hydroxylation sites is 1. The predicted octanol–water partition coefficient (Wildman–Crippen LogP) is 4.77. The van der Waals surface area contributed by atoms with Crippen molar-refractivity contribution in [3.63, 3.8) is 0 Å². The molecule has 1 heterocycles. The van der Waals surface area contributed by atoms with Gasteiger partial charge in [0.15, 0.2) is 0 Å². The number of rotatable bonds is 2. The van der Waals surface area contributed by atoms with Gasteiger partial charge in [-0.15, -0.1) is 11.6 Å². The van der Waals surface area contributed by atoms with Crippen molar-refractivity contribution in [1.82, 2.24) is 9.55 Å². The van der Waals surface area contributed by atoms with E-state index in [1.54, 1.807) is 6.92 Å². The second-order valence-electron chi connectivity index (χ2n) is 4.85. The van der Waals surface area contributed by atoms with Gasteiger partial charge in [-0.3, -0.25) is 4.57 Å². The molecule has 0 fully saturated rings. The van der Waals surface area contributed by atoms with Crippen LogP contribution in [0.2, 0.25) is 0 Å². The highest BCUT2D eigenvalue weighted by Gasteiger charge is 2.17. The Morgan fingerprint density at radius 2 is 1.90 bits per heavy atom. The Balaban J connectivity index is 2.38. The lowest BCUT2D eigenvalue weighted by molar-refractivity contribution is 0.620. The van der Waals surface area contributed by atoms with Crippen LogP contribution in [-0.4, -0.2) is 9.55 Å². The van der Waals surface area contributed by atoms with Crippen molar-refractivity contribution in [3.8, 4) is 5.69 Å². The van der Waals surface area contributed by atoms with Gasteiger partial charge in [-0.05, 0) is 37.6 Å². The van der Waals surface area contributed by atoms with Crippen LogP contribution in [0.15, 0.2) is 42.5 Å². The Hall–Kier alpha value is -1.87. The summed E-state index contributed by atoms with van der Waals surface area (Å²) in [6, 6.07) is 13.1. The Bertz CT molecular complexity index is 763. The Morgan fingerprint density at radius 1 is 1.20 bits per heavy atom. The molecule has 0 amide bonds. The lowest BCUT2D eigenvalue weighted by Crippen LogP contribution is -2.01. The van der Waals surface area contributed by atoms with Gasteiger partial charge in [0, 0.05) is 11.8 Å². The summed E-state index contributed by atoms with van der Waals surface area (Å²) in [5.41, 5.74) is 3.07. The van der Waals surface area contributed by atoms with Crippen LogP contribution in [0.25, 0.3) is 16.7 Å². The fourth-order valence-corrected chi connectivity index (χ4v) is 2.48. The molecule has 4 heteroatoms. The molecule has 0 aliphatic carbocycles. The molecule has 0 aliphatic rings. The molecule has 2 aromatic carbocycles. The maximum atomic E-state index is 13.7. The van der Waals surface area contributed by atoms with Crippen LogP contribution in [0, 0.1) is 12.7 Å². The molecule has 0 saturated carbocycles. The summed E-state index contributed by atoms with van der Waals surface area (Å²) < 4.78 is 15.7. The molecule has 2 nitrogen and oxygen atoms in total. The lowest BCUT2D eigenvalue weighted by Gasteiger charge is -2.10. The van der Waals surface area contributed by atoms with Gasteiger partial charge in [0.2, 0.25) is 0 Å². The van der Waals surface area contributed by atoms with Crippen LogP contribution in [0.1, 0.15) is 23.7 Å². The normalized spacial score (nSPS) is 12.8. The number of aromatic nitrogens is 2. The summed E-state index contributed by atoms with van der Waals surface area (Å²) in [4.78, 5) is 4.48. The second-order valence-corrected chi connectivity index (χ2v) is 5.50. The first-order valence-electron chi connectivity index (χ1n) is 6.46. The van der Waals surface area contributed by atoms with E-state index in [-0.39, 0.29) is 11.2 Å². The highest BCUT2D eigenvalue weighted by molar-refractivity contribution is 6.20. The van der Waals surface area contributed by atoms with Gasteiger partial charge >= 0.3 is 0 Å². The Labute approximate surface area is 121 Å². The van der Waals surface area contributed by atoms with Gasteiger partial charge in [0.1, 0.15) is 11.6 Å². The average Bonchev–Trinajstić information content (AvgIpc) is 2.79. The number of imidazole rings is 1. The van der Waals surface area contributed by atoms with Crippen molar-refractivity contribution in [1.29, 1.82) is 0 Å². The predicted molar refractivity (Wildman–Crippen MR) is 80.0 cm³/mol. The van der Waals surface area contributed by atoms with Crippen LogP contribution in [0.3, 0.4) is 0 Å². The minimum absolute atomic E-state index is 0.246. The molecular formula is C16H14ClFN2. The summed E-state index contributed by atoms with van der Waals surface area (Å²) in [6.45, 7) is 3.62. The first-order valence-corrected chi connectivity index (χ1v) is 6.89. The zero-order valence-corrected chi connectivity index (χ0v) is 12.0. The van der Waals surface area contributed by atoms with E-state index < -0.39 is 0 Å². The van der Waals surface area contributed by atoms with Crippen LogP contribution >= 0.6 is 11.6 Å². The number of benzene rings is 2. The molecule has 20 heavy (non-hydrogen) atoms. The highest BCUT2D eigenvalue weighted by atomic mass is 35.5. The van der Waals surface area contributed by atoms with Gasteiger partial charge in [0.25, 0.3) is 0 Å². The van der Waals surface area contributed by atoms with E-state index in [0.29, 0.717) is 11.1 Å². The third kappa shape index (κ3) is 2.08. The van der Waals surface area contributed by atoms with Crippen molar-refractivity contribution < 1.29 is 4.39 Å². The maximum absolute atomic E-state index is 13.7. The molecule has 1 unspecified atom stereocenters. The number of halogens is 2. The molecule has 102 valence electrons. The van der Waals surface area contributed by atoms with Crippen molar-refractivity contribution in [3.05, 3.63) is 59.7 Å².